The second-order valence-electron chi connectivity index (χ2n) is 8.00. The van der Waals surface area contributed by atoms with Gasteiger partial charge in [0.2, 0.25) is 5.91 Å². The number of amides is 1. The number of anilines is 1. The number of benzene rings is 2. The fourth-order valence-corrected chi connectivity index (χ4v) is 4.81. The van der Waals surface area contributed by atoms with Crippen LogP contribution in [0, 0.1) is 0 Å². The highest BCUT2D eigenvalue weighted by Crippen LogP contribution is 2.44. The first-order valence-corrected chi connectivity index (χ1v) is 11.9. The average Bonchev–Trinajstić information content (AvgIpc) is 2.78. The Labute approximate surface area is 199 Å². The molecule has 5 nitrogen and oxygen atoms in total. The molecule has 0 atom stereocenters. The van der Waals surface area contributed by atoms with Crippen molar-refractivity contribution in [2.45, 2.75) is 57.8 Å². The quantitative estimate of drug-likeness (QED) is 0.424. The van der Waals surface area contributed by atoms with Crippen molar-refractivity contribution in [2.75, 3.05) is 18.5 Å². The highest BCUT2D eigenvalue weighted by atomic mass is 35.5. The number of nitrogens with one attached hydrogen (secondary N) is 1. The lowest BCUT2D eigenvalue weighted by atomic mass is 9.68. The van der Waals surface area contributed by atoms with Gasteiger partial charge < -0.3 is 14.8 Å². The molecule has 1 amide bonds. The molecule has 0 heterocycles. The highest BCUT2D eigenvalue weighted by molar-refractivity contribution is 6.35. The molecule has 7 heteroatoms. The maximum Gasteiger partial charge on any atom is 0.341 e. The van der Waals surface area contributed by atoms with E-state index in [1.807, 2.05) is 13.0 Å². The minimum Gasteiger partial charge on any atom is -0.493 e. The largest absolute Gasteiger partial charge is 0.493 e. The first-order chi connectivity index (χ1) is 15.4. The number of hydrogen-bond donors (Lipinski definition) is 1. The van der Waals surface area contributed by atoms with E-state index in [9.17, 15) is 9.59 Å². The van der Waals surface area contributed by atoms with Crippen LogP contribution < -0.4 is 10.1 Å². The van der Waals surface area contributed by atoms with Gasteiger partial charge in [-0.1, -0.05) is 55.5 Å². The van der Waals surface area contributed by atoms with Crippen LogP contribution in [0.3, 0.4) is 0 Å². The molecule has 1 aliphatic rings. The summed E-state index contributed by atoms with van der Waals surface area (Å²) in [6.07, 6.45) is 5.15. The lowest BCUT2D eigenvalue weighted by molar-refractivity contribution is -0.122. The van der Waals surface area contributed by atoms with E-state index < -0.39 is 11.4 Å². The van der Waals surface area contributed by atoms with E-state index in [0.29, 0.717) is 46.5 Å². The third-order valence-electron chi connectivity index (χ3n) is 5.78. The molecule has 2 aromatic carbocycles. The molecule has 3 rings (SSSR count). The van der Waals surface area contributed by atoms with Gasteiger partial charge in [-0.15, -0.1) is 0 Å². The second-order valence-corrected chi connectivity index (χ2v) is 8.84. The number of halogens is 2. The summed E-state index contributed by atoms with van der Waals surface area (Å²) in [5, 5.41) is 4.04. The maximum absolute atomic E-state index is 13.6. The number of carbonyl (C=O) groups is 2. The van der Waals surface area contributed by atoms with Gasteiger partial charge in [-0.2, -0.15) is 0 Å². The van der Waals surface area contributed by atoms with Crippen LogP contribution in [0.2, 0.25) is 10.0 Å². The molecule has 1 saturated carbocycles. The normalized spacial score (nSPS) is 15.1. The monoisotopic (exact) mass is 477 g/mol. The maximum atomic E-state index is 13.6. The van der Waals surface area contributed by atoms with E-state index >= 15 is 0 Å². The standard InChI is InChI=1S/C25H29Cl2NO4/c1-3-14-32-22-11-9-18(16-19(22)23(29)31-4-2)28-24(30)25(12-6-5-7-13-25)20-10-8-17(26)15-21(20)27/h8-11,15-16H,3-7,12-14H2,1-2H3,(H,28,30). The van der Waals surface area contributed by atoms with E-state index in [-0.39, 0.29) is 12.5 Å². The van der Waals surface area contributed by atoms with Gasteiger partial charge in [0.05, 0.1) is 18.6 Å². The summed E-state index contributed by atoms with van der Waals surface area (Å²) >= 11 is 12.6. The summed E-state index contributed by atoms with van der Waals surface area (Å²) in [5.41, 5.74) is 0.841. The van der Waals surface area contributed by atoms with Gasteiger partial charge in [0.1, 0.15) is 11.3 Å². The minimum absolute atomic E-state index is 0.140. The molecule has 1 N–H and O–H groups in total. The Kier molecular flexibility index (Phi) is 8.44. The van der Waals surface area contributed by atoms with Crippen molar-refractivity contribution in [3.8, 4) is 5.75 Å². The number of esters is 1. The molecule has 172 valence electrons. The predicted octanol–water partition coefficient (Wildman–Crippen LogP) is 6.80. The molecule has 1 fully saturated rings. The fourth-order valence-electron chi connectivity index (χ4n) is 4.22. The minimum atomic E-state index is -0.749. The van der Waals surface area contributed by atoms with E-state index in [0.717, 1.165) is 31.2 Å². The van der Waals surface area contributed by atoms with Gasteiger partial charge in [0, 0.05) is 15.7 Å². The van der Waals surface area contributed by atoms with Gasteiger partial charge in [-0.25, -0.2) is 4.79 Å². The van der Waals surface area contributed by atoms with E-state index in [4.69, 9.17) is 32.7 Å². The zero-order chi connectivity index (χ0) is 23.1. The second kappa shape index (κ2) is 11.1. The van der Waals surface area contributed by atoms with Gasteiger partial charge in [-0.3, -0.25) is 4.79 Å². The Bertz CT molecular complexity index is 970. The molecule has 0 unspecified atom stereocenters. The molecule has 1 aliphatic carbocycles. The van der Waals surface area contributed by atoms with Gasteiger partial charge in [0.15, 0.2) is 0 Å². The Morgan fingerprint density at radius 3 is 2.44 bits per heavy atom. The van der Waals surface area contributed by atoms with Gasteiger partial charge in [0.25, 0.3) is 0 Å². The number of rotatable bonds is 8. The lowest BCUT2D eigenvalue weighted by Gasteiger charge is -2.37. The van der Waals surface area contributed by atoms with Crippen molar-refractivity contribution in [2.24, 2.45) is 0 Å². The molecule has 0 aliphatic heterocycles. The molecular weight excluding hydrogens is 449 g/mol. The van der Waals surface area contributed by atoms with Crippen molar-refractivity contribution in [3.63, 3.8) is 0 Å². The van der Waals surface area contributed by atoms with Crippen LogP contribution in [0.15, 0.2) is 36.4 Å². The smallest absolute Gasteiger partial charge is 0.341 e. The first kappa shape index (κ1) is 24.4. The average molecular weight is 478 g/mol. The van der Waals surface area contributed by atoms with Crippen LogP contribution in [0.1, 0.15) is 68.3 Å². The van der Waals surface area contributed by atoms with Crippen molar-refractivity contribution in [1.82, 2.24) is 0 Å². The summed E-state index contributed by atoms with van der Waals surface area (Å²) in [4.78, 5) is 26.1. The topological polar surface area (TPSA) is 64.6 Å². The Hall–Kier alpha value is -2.24. The Morgan fingerprint density at radius 1 is 1.03 bits per heavy atom. The van der Waals surface area contributed by atoms with Crippen LogP contribution in [0.25, 0.3) is 0 Å². The SMILES string of the molecule is CCCOc1ccc(NC(=O)C2(c3ccc(Cl)cc3Cl)CCCCC2)cc1C(=O)OCC. The molecule has 32 heavy (non-hydrogen) atoms. The van der Waals surface area contributed by atoms with Gasteiger partial charge in [-0.05, 0) is 62.1 Å². The molecule has 0 aromatic heterocycles. The highest BCUT2D eigenvalue weighted by Gasteiger charge is 2.42. The van der Waals surface area contributed by atoms with Crippen LogP contribution in [-0.2, 0) is 14.9 Å². The molecule has 0 bridgehead atoms. The summed E-state index contributed by atoms with van der Waals surface area (Å²) < 4.78 is 10.9. The molecule has 0 saturated heterocycles. The van der Waals surface area contributed by atoms with Crippen molar-refractivity contribution < 1.29 is 19.1 Å². The van der Waals surface area contributed by atoms with Crippen molar-refractivity contribution in [1.29, 1.82) is 0 Å². The van der Waals surface area contributed by atoms with E-state index in [1.165, 1.54) is 0 Å². The number of carbonyl (C=O) groups excluding carboxylic acids is 2. The van der Waals surface area contributed by atoms with E-state index in [1.54, 1.807) is 37.3 Å². The third kappa shape index (κ3) is 5.38. The van der Waals surface area contributed by atoms with Crippen LogP contribution in [0.4, 0.5) is 5.69 Å². The first-order valence-electron chi connectivity index (χ1n) is 11.1. The predicted molar refractivity (Wildman–Crippen MR) is 128 cm³/mol. The van der Waals surface area contributed by atoms with Crippen molar-refractivity contribution >= 4 is 40.8 Å². The Balaban J connectivity index is 1.94. The van der Waals surface area contributed by atoms with Gasteiger partial charge >= 0.3 is 5.97 Å². The fraction of sp³-hybridized carbons (Fsp3) is 0.440. The van der Waals surface area contributed by atoms with Crippen molar-refractivity contribution in [3.05, 3.63) is 57.6 Å². The van der Waals surface area contributed by atoms with E-state index in [2.05, 4.69) is 5.32 Å². The summed E-state index contributed by atoms with van der Waals surface area (Å²) in [6, 6.07) is 10.3. The van der Waals surface area contributed by atoms with Crippen LogP contribution in [-0.4, -0.2) is 25.1 Å². The zero-order valence-corrected chi connectivity index (χ0v) is 20.0. The summed E-state index contributed by atoms with van der Waals surface area (Å²) in [6.45, 7) is 4.47. The number of hydrogen-bond acceptors (Lipinski definition) is 4. The molecule has 2 aromatic rings. The summed E-state index contributed by atoms with van der Waals surface area (Å²) in [5.74, 6) is -0.183. The lowest BCUT2D eigenvalue weighted by Crippen LogP contribution is -2.42. The summed E-state index contributed by atoms with van der Waals surface area (Å²) in [7, 11) is 0. The molecular formula is C25H29Cl2NO4. The van der Waals surface area contributed by atoms with Crippen LogP contribution >= 0.6 is 23.2 Å². The Morgan fingerprint density at radius 2 is 1.78 bits per heavy atom. The zero-order valence-electron chi connectivity index (χ0n) is 18.5. The van der Waals surface area contributed by atoms with Crippen LogP contribution in [0.5, 0.6) is 5.75 Å². The number of ether oxygens (including phenoxy) is 2. The third-order valence-corrected chi connectivity index (χ3v) is 6.33. The molecule has 0 radical (unpaired) electrons. The molecule has 0 spiro atoms.